The summed E-state index contributed by atoms with van der Waals surface area (Å²) in [6.45, 7) is 1.01. The predicted molar refractivity (Wildman–Crippen MR) is 78.6 cm³/mol. The van der Waals surface area contributed by atoms with Crippen LogP contribution >= 0.6 is 0 Å². The highest BCUT2D eigenvalue weighted by Crippen LogP contribution is 2.14. The Labute approximate surface area is 125 Å². The fourth-order valence-electron chi connectivity index (χ4n) is 1.81. The van der Waals surface area contributed by atoms with Gasteiger partial charge in [0, 0.05) is 24.5 Å². The van der Waals surface area contributed by atoms with Crippen molar-refractivity contribution < 1.29 is 19.5 Å². The zero-order chi connectivity index (χ0) is 16.1. The lowest BCUT2D eigenvalue weighted by Crippen LogP contribution is -2.20. The Morgan fingerprint density at radius 2 is 1.68 bits per heavy atom. The molecule has 2 amide bonds. The molecule has 2 rings (SSSR count). The molecular weight excluding hydrogens is 288 g/mol. The van der Waals surface area contributed by atoms with Crippen molar-refractivity contribution in [3.05, 3.63) is 42.2 Å². The van der Waals surface area contributed by atoms with E-state index in [-0.39, 0.29) is 11.6 Å². The number of aliphatic carboxylic acids is 1. The molecule has 1 aromatic carbocycles. The molecule has 22 heavy (non-hydrogen) atoms. The number of nitrogens with one attached hydrogen (secondary N) is 2. The molecule has 114 valence electrons. The molecule has 0 radical (unpaired) electrons. The van der Waals surface area contributed by atoms with Crippen molar-refractivity contribution in [1.29, 1.82) is 0 Å². The topological polar surface area (TPSA) is 113 Å². The number of carboxylic acids is 1. The van der Waals surface area contributed by atoms with Crippen LogP contribution in [0.3, 0.4) is 0 Å². The van der Waals surface area contributed by atoms with Crippen molar-refractivity contribution in [1.82, 2.24) is 9.78 Å². The second kappa shape index (κ2) is 6.53. The number of carbonyl (C=O) groups is 3. The maximum absolute atomic E-state index is 12.1. The summed E-state index contributed by atoms with van der Waals surface area (Å²) in [5.74, 6) is -1.74. The predicted octanol–water partition coefficient (Wildman–Crippen LogP) is 1.18. The fourth-order valence-corrected chi connectivity index (χ4v) is 1.81. The first-order valence-electron chi connectivity index (χ1n) is 6.38. The van der Waals surface area contributed by atoms with Gasteiger partial charge in [-0.3, -0.25) is 14.4 Å². The van der Waals surface area contributed by atoms with Crippen LogP contribution < -0.4 is 10.6 Å². The van der Waals surface area contributed by atoms with Crippen molar-refractivity contribution in [3.63, 3.8) is 0 Å². The molecule has 0 unspecified atom stereocenters. The summed E-state index contributed by atoms with van der Waals surface area (Å²) in [7, 11) is 0. The highest BCUT2D eigenvalue weighted by atomic mass is 16.4. The standard InChI is InChI=1S/C14H14N4O4/c1-9(19)16-10-2-4-11(5-3-10)17-14(22)12-6-7-15-18(12)8-13(20)21/h2-7H,8H2,1H3,(H,16,19)(H,17,22)(H,20,21). The smallest absolute Gasteiger partial charge is 0.325 e. The second-order valence-electron chi connectivity index (χ2n) is 4.48. The molecule has 1 heterocycles. The van der Waals surface area contributed by atoms with Gasteiger partial charge in [-0.2, -0.15) is 5.10 Å². The molecular formula is C14H14N4O4. The number of anilines is 2. The first-order chi connectivity index (χ1) is 10.5. The van der Waals surface area contributed by atoms with Crippen LogP contribution in [-0.2, 0) is 16.1 Å². The first-order valence-corrected chi connectivity index (χ1v) is 6.38. The van der Waals surface area contributed by atoms with Gasteiger partial charge in [-0.25, -0.2) is 4.68 Å². The average molecular weight is 302 g/mol. The lowest BCUT2D eigenvalue weighted by molar-refractivity contribution is -0.137. The quantitative estimate of drug-likeness (QED) is 0.767. The van der Waals surface area contributed by atoms with Crippen LogP contribution in [-0.4, -0.2) is 32.7 Å². The minimum absolute atomic E-state index is 0.147. The summed E-state index contributed by atoms with van der Waals surface area (Å²) in [5, 5.41) is 17.8. The monoisotopic (exact) mass is 302 g/mol. The summed E-state index contributed by atoms with van der Waals surface area (Å²) >= 11 is 0. The van der Waals surface area contributed by atoms with E-state index in [1.807, 2.05) is 0 Å². The Morgan fingerprint density at radius 1 is 1.09 bits per heavy atom. The van der Waals surface area contributed by atoms with E-state index < -0.39 is 18.4 Å². The van der Waals surface area contributed by atoms with E-state index >= 15 is 0 Å². The van der Waals surface area contributed by atoms with Crippen LogP contribution in [0, 0.1) is 0 Å². The van der Waals surface area contributed by atoms with Crippen LogP contribution in [0.4, 0.5) is 11.4 Å². The number of nitrogens with zero attached hydrogens (tertiary/aromatic N) is 2. The van der Waals surface area contributed by atoms with Gasteiger partial charge in [-0.15, -0.1) is 0 Å². The lowest BCUT2D eigenvalue weighted by Gasteiger charge is -2.08. The third-order valence-electron chi connectivity index (χ3n) is 2.70. The molecule has 0 atom stereocenters. The molecule has 0 aliphatic heterocycles. The molecule has 1 aromatic heterocycles. The molecule has 0 saturated heterocycles. The lowest BCUT2D eigenvalue weighted by atomic mass is 10.2. The van der Waals surface area contributed by atoms with Crippen LogP contribution in [0.25, 0.3) is 0 Å². The Kier molecular flexibility index (Phi) is 4.52. The molecule has 8 heteroatoms. The van der Waals surface area contributed by atoms with Gasteiger partial charge >= 0.3 is 5.97 Å². The van der Waals surface area contributed by atoms with E-state index in [0.29, 0.717) is 11.4 Å². The Hall–Kier alpha value is -3.16. The van der Waals surface area contributed by atoms with Gasteiger partial charge in [0.2, 0.25) is 5.91 Å². The number of benzene rings is 1. The maximum Gasteiger partial charge on any atom is 0.325 e. The number of aromatic nitrogens is 2. The highest BCUT2D eigenvalue weighted by Gasteiger charge is 2.14. The van der Waals surface area contributed by atoms with Gasteiger partial charge in [0.15, 0.2) is 0 Å². The third kappa shape index (κ3) is 3.92. The summed E-state index contributed by atoms with van der Waals surface area (Å²) in [4.78, 5) is 33.7. The van der Waals surface area contributed by atoms with E-state index in [4.69, 9.17) is 5.11 Å². The molecule has 0 spiro atoms. The fraction of sp³-hybridized carbons (Fsp3) is 0.143. The van der Waals surface area contributed by atoms with Crippen molar-refractivity contribution in [2.45, 2.75) is 13.5 Å². The van der Waals surface area contributed by atoms with E-state index in [9.17, 15) is 14.4 Å². The Bertz CT molecular complexity index is 706. The van der Waals surface area contributed by atoms with Gasteiger partial charge in [-0.05, 0) is 30.3 Å². The number of hydrogen-bond donors (Lipinski definition) is 3. The van der Waals surface area contributed by atoms with Crippen LogP contribution in [0.1, 0.15) is 17.4 Å². The summed E-state index contributed by atoms with van der Waals surface area (Å²) < 4.78 is 1.10. The van der Waals surface area contributed by atoms with E-state index in [1.165, 1.54) is 19.2 Å². The highest BCUT2D eigenvalue weighted by molar-refractivity contribution is 6.03. The molecule has 0 bridgehead atoms. The van der Waals surface area contributed by atoms with Crippen molar-refractivity contribution in [2.75, 3.05) is 10.6 Å². The van der Waals surface area contributed by atoms with Gasteiger partial charge < -0.3 is 15.7 Å². The number of amides is 2. The molecule has 0 aliphatic rings. The normalized spacial score (nSPS) is 10.0. The Morgan fingerprint density at radius 3 is 2.23 bits per heavy atom. The number of hydrogen-bond acceptors (Lipinski definition) is 4. The minimum atomic E-state index is -1.09. The summed E-state index contributed by atoms with van der Waals surface area (Å²) in [5.41, 5.74) is 1.27. The molecule has 0 fully saturated rings. The van der Waals surface area contributed by atoms with Crippen molar-refractivity contribution >= 4 is 29.2 Å². The first kappa shape index (κ1) is 15.2. The van der Waals surface area contributed by atoms with Gasteiger partial charge in [0.1, 0.15) is 12.2 Å². The van der Waals surface area contributed by atoms with Crippen molar-refractivity contribution in [3.8, 4) is 0 Å². The number of carboxylic acid groups (broad SMARTS) is 1. The summed E-state index contributed by atoms with van der Waals surface area (Å²) in [6.07, 6.45) is 1.36. The largest absolute Gasteiger partial charge is 0.480 e. The summed E-state index contributed by atoms with van der Waals surface area (Å²) in [6, 6.07) is 7.98. The van der Waals surface area contributed by atoms with Gasteiger partial charge in [0.25, 0.3) is 5.91 Å². The third-order valence-corrected chi connectivity index (χ3v) is 2.70. The molecule has 0 saturated carbocycles. The Balaban J connectivity index is 2.07. The van der Waals surface area contributed by atoms with Crippen molar-refractivity contribution in [2.24, 2.45) is 0 Å². The van der Waals surface area contributed by atoms with Crippen LogP contribution in [0.15, 0.2) is 36.5 Å². The molecule has 2 aromatic rings. The van der Waals surface area contributed by atoms with Gasteiger partial charge in [-0.1, -0.05) is 0 Å². The zero-order valence-electron chi connectivity index (χ0n) is 11.7. The zero-order valence-corrected chi connectivity index (χ0v) is 11.7. The second-order valence-corrected chi connectivity index (χ2v) is 4.48. The van der Waals surface area contributed by atoms with E-state index in [1.54, 1.807) is 24.3 Å². The molecule has 8 nitrogen and oxygen atoms in total. The maximum atomic E-state index is 12.1. The average Bonchev–Trinajstić information content (AvgIpc) is 2.87. The minimum Gasteiger partial charge on any atom is -0.480 e. The van der Waals surface area contributed by atoms with E-state index in [0.717, 1.165) is 4.68 Å². The molecule has 0 aliphatic carbocycles. The molecule has 3 N–H and O–H groups in total. The SMILES string of the molecule is CC(=O)Nc1ccc(NC(=O)c2ccnn2CC(=O)O)cc1. The number of carbonyl (C=O) groups excluding carboxylic acids is 2. The van der Waals surface area contributed by atoms with Crippen LogP contribution in [0.5, 0.6) is 0 Å². The van der Waals surface area contributed by atoms with E-state index in [2.05, 4.69) is 15.7 Å². The van der Waals surface area contributed by atoms with Crippen LogP contribution in [0.2, 0.25) is 0 Å². The number of rotatable bonds is 5. The van der Waals surface area contributed by atoms with Gasteiger partial charge in [0.05, 0.1) is 0 Å².